The van der Waals surface area contributed by atoms with Gasteiger partial charge in [-0.1, -0.05) is 20.8 Å². The number of rotatable bonds is 2. The Bertz CT molecular complexity index is 108. The van der Waals surface area contributed by atoms with Crippen molar-refractivity contribution < 1.29 is 0 Å². The Kier molecular flexibility index (Phi) is 2.04. The van der Waals surface area contributed by atoms with Crippen LogP contribution in [-0.2, 0) is 0 Å². The van der Waals surface area contributed by atoms with Crippen molar-refractivity contribution in [3.63, 3.8) is 0 Å². The molecule has 0 aromatic rings. The van der Waals surface area contributed by atoms with Gasteiger partial charge in [-0.25, -0.2) is 0 Å². The molecule has 0 aromatic carbocycles. The van der Waals surface area contributed by atoms with Crippen molar-refractivity contribution in [1.29, 1.82) is 0 Å². The summed E-state index contributed by atoms with van der Waals surface area (Å²) < 4.78 is 0. The molecule has 1 saturated carbocycles. The van der Waals surface area contributed by atoms with Crippen LogP contribution in [0.1, 0.15) is 40.5 Å². The highest BCUT2D eigenvalue weighted by Gasteiger charge is 2.27. The van der Waals surface area contributed by atoms with E-state index in [9.17, 15) is 0 Å². The van der Waals surface area contributed by atoms with Crippen LogP contribution < -0.4 is 5.32 Å². The summed E-state index contributed by atoms with van der Waals surface area (Å²) in [6.45, 7) is 9.13. The summed E-state index contributed by atoms with van der Waals surface area (Å²) in [6.07, 6.45) is 2.78. The van der Waals surface area contributed by atoms with E-state index in [2.05, 4.69) is 33.0 Å². The molecule has 0 aliphatic heterocycles. The molecule has 60 valence electrons. The predicted molar refractivity (Wildman–Crippen MR) is 45.1 cm³/mol. The van der Waals surface area contributed by atoms with Crippen molar-refractivity contribution >= 4 is 0 Å². The van der Waals surface area contributed by atoms with Gasteiger partial charge in [0.1, 0.15) is 0 Å². The molecule has 1 heteroatoms. The number of hydrogen-bond acceptors (Lipinski definition) is 1. The van der Waals surface area contributed by atoms with E-state index in [4.69, 9.17) is 0 Å². The smallest absolute Gasteiger partial charge is 0.00898 e. The fourth-order valence-electron chi connectivity index (χ4n) is 0.854. The van der Waals surface area contributed by atoms with E-state index in [0.29, 0.717) is 11.5 Å². The average molecular weight is 141 g/mol. The SMILES string of the molecule is CC(NC1CC1)C(C)(C)C. The van der Waals surface area contributed by atoms with Gasteiger partial charge < -0.3 is 5.32 Å². The fourth-order valence-corrected chi connectivity index (χ4v) is 0.854. The van der Waals surface area contributed by atoms with Gasteiger partial charge in [-0.3, -0.25) is 0 Å². The van der Waals surface area contributed by atoms with Crippen LogP contribution in [0.5, 0.6) is 0 Å². The van der Waals surface area contributed by atoms with E-state index in [-0.39, 0.29) is 0 Å². The Hall–Kier alpha value is -0.0400. The summed E-state index contributed by atoms with van der Waals surface area (Å²) >= 11 is 0. The normalized spacial score (nSPS) is 22.8. The van der Waals surface area contributed by atoms with Crippen molar-refractivity contribution in [2.45, 2.75) is 52.6 Å². The van der Waals surface area contributed by atoms with Gasteiger partial charge in [-0.2, -0.15) is 0 Å². The summed E-state index contributed by atoms with van der Waals surface area (Å²) in [5.41, 5.74) is 0.419. The van der Waals surface area contributed by atoms with Crippen LogP contribution in [0.15, 0.2) is 0 Å². The zero-order valence-corrected chi connectivity index (χ0v) is 7.57. The van der Waals surface area contributed by atoms with E-state index < -0.39 is 0 Å². The van der Waals surface area contributed by atoms with Gasteiger partial charge in [0.05, 0.1) is 0 Å². The molecule has 0 amide bonds. The van der Waals surface area contributed by atoms with E-state index in [1.165, 1.54) is 12.8 Å². The van der Waals surface area contributed by atoms with E-state index in [1.54, 1.807) is 0 Å². The average Bonchev–Trinajstić information content (AvgIpc) is 2.47. The second kappa shape index (κ2) is 2.54. The molecule has 0 radical (unpaired) electrons. The third kappa shape index (κ3) is 2.30. The molecular formula is C9H19N. The zero-order chi connectivity index (χ0) is 7.78. The van der Waals surface area contributed by atoms with Crippen LogP contribution >= 0.6 is 0 Å². The Morgan fingerprint density at radius 1 is 1.30 bits per heavy atom. The van der Waals surface area contributed by atoms with Crippen LogP contribution in [0.4, 0.5) is 0 Å². The van der Waals surface area contributed by atoms with Crippen LogP contribution in [0.3, 0.4) is 0 Å². The standard InChI is InChI=1S/C9H19N/c1-7(9(2,3)4)10-8-5-6-8/h7-8,10H,5-6H2,1-4H3. The van der Waals surface area contributed by atoms with Gasteiger partial charge in [0.25, 0.3) is 0 Å². The maximum atomic E-state index is 3.59. The lowest BCUT2D eigenvalue weighted by atomic mass is 9.88. The summed E-state index contributed by atoms with van der Waals surface area (Å²) in [7, 11) is 0. The maximum absolute atomic E-state index is 3.59. The summed E-state index contributed by atoms with van der Waals surface area (Å²) in [4.78, 5) is 0. The van der Waals surface area contributed by atoms with Crippen molar-refractivity contribution in [2.75, 3.05) is 0 Å². The first-order chi connectivity index (χ1) is 4.50. The third-order valence-electron chi connectivity index (χ3n) is 2.36. The Morgan fingerprint density at radius 3 is 2.10 bits per heavy atom. The highest BCUT2D eigenvalue weighted by Crippen LogP contribution is 2.25. The highest BCUT2D eigenvalue weighted by molar-refractivity contribution is 4.87. The maximum Gasteiger partial charge on any atom is 0.00898 e. The second-order valence-corrected chi connectivity index (χ2v) is 4.53. The first kappa shape index (κ1) is 8.06. The molecule has 1 atom stereocenters. The molecule has 1 aliphatic carbocycles. The molecule has 0 saturated heterocycles. The van der Waals surface area contributed by atoms with Crippen molar-refractivity contribution in [2.24, 2.45) is 5.41 Å². The molecule has 0 aromatic heterocycles. The van der Waals surface area contributed by atoms with E-state index in [1.807, 2.05) is 0 Å². The lowest BCUT2D eigenvalue weighted by Crippen LogP contribution is -2.38. The minimum atomic E-state index is 0.419. The lowest BCUT2D eigenvalue weighted by molar-refractivity contribution is 0.284. The van der Waals surface area contributed by atoms with Gasteiger partial charge in [-0.05, 0) is 25.2 Å². The van der Waals surface area contributed by atoms with Crippen LogP contribution in [-0.4, -0.2) is 12.1 Å². The minimum Gasteiger partial charge on any atom is -0.311 e. The zero-order valence-electron chi connectivity index (χ0n) is 7.57. The molecule has 1 unspecified atom stereocenters. The number of nitrogens with one attached hydrogen (secondary N) is 1. The topological polar surface area (TPSA) is 12.0 Å². The molecule has 1 aliphatic rings. The van der Waals surface area contributed by atoms with Gasteiger partial charge in [-0.15, -0.1) is 0 Å². The monoisotopic (exact) mass is 141 g/mol. The van der Waals surface area contributed by atoms with Gasteiger partial charge >= 0.3 is 0 Å². The first-order valence-electron chi connectivity index (χ1n) is 4.26. The fraction of sp³-hybridized carbons (Fsp3) is 1.00. The van der Waals surface area contributed by atoms with Crippen molar-refractivity contribution in [1.82, 2.24) is 5.32 Å². The van der Waals surface area contributed by atoms with Gasteiger partial charge in [0.15, 0.2) is 0 Å². The molecule has 1 nitrogen and oxygen atoms in total. The third-order valence-corrected chi connectivity index (χ3v) is 2.36. The van der Waals surface area contributed by atoms with Crippen LogP contribution in [0, 0.1) is 5.41 Å². The van der Waals surface area contributed by atoms with Crippen molar-refractivity contribution in [3.8, 4) is 0 Å². The molecule has 1 N–H and O–H groups in total. The van der Waals surface area contributed by atoms with E-state index >= 15 is 0 Å². The van der Waals surface area contributed by atoms with Crippen LogP contribution in [0.25, 0.3) is 0 Å². The minimum absolute atomic E-state index is 0.419. The molecular weight excluding hydrogens is 122 g/mol. The van der Waals surface area contributed by atoms with E-state index in [0.717, 1.165) is 6.04 Å². The van der Waals surface area contributed by atoms with Gasteiger partial charge in [0, 0.05) is 12.1 Å². The molecule has 10 heavy (non-hydrogen) atoms. The predicted octanol–water partition coefficient (Wildman–Crippen LogP) is 2.17. The quantitative estimate of drug-likeness (QED) is 0.621. The molecule has 1 fully saturated rings. The molecule has 1 rings (SSSR count). The summed E-state index contributed by atoms with van der Waals surface area (Å²) in [5, 5.41) is 3.59. The lowest BCUT2D eigenvalue weighted by Gasteiger charge is -2.28. The highest BCUT2D eigenvalue weighted by atomic mass is 15.0. The molecule has 0 bridgehead atoms. The van der Waals surface area contributed by atoms with Crippen molar-refractivity contribution in [3.05, 3.63) is 0 Å². The van der Waals surface area contributed by atoms with Crippen LogP contribution in [0.2, 0.25) is 0 Å². The van der Waals surface area contributed by atoms with Gasteiger partial charge in [0.2, 0.25) is 0 Å². The largest absolute Gasteiger partial charge is 0.311 e. The Morgan fingerprint density at radius 2 is 1.80 bits per heavy atom. The molecule has 0 heterocycles. The Balaban J connectivity index is 2.25. The summed E-state index contributed by atoms with van der Waals surface area (Å²) in [5.74, 6) is 0. The second-order valence-electron chi connectivity index (χ2n) is 4.53. The first-order valence-corrected chi connectivity index (χ1v) is 4.26. The number of hydrogen-bond donors (Lipinski definition) is 1. The molecule has 0 spiro atoms. The Labute approximate surface area is 64.2 Å². The summed E-state index contributed by atoms with van der Waals surface area (Å²) in [6, 6.07) is 1.49.